The fraction of sp³-hybridized carbons (Fsp3) is 0.200. The number of benzene rings is 3. The number of aryl methyl sites for hydroxylation is 1. The normalized spacial score (nSPS) is 12.5. The first-order valence-corrected chi connectivity index (χ1v) is 12.4. The molecule has 0 saturated heterocycles. The van der Waals surface area contributed by atoms with E-state index in [0.29, 0.717) is 29.0 Å². The smallest absolute Gasteiger partial charge is 0.253 e. The molecule has 4 rings (SSSR count). The second-order valence-corrected chi connectivity index (χ2v) is 9.32. The lowest BCUT2D eigenvalue weighted by Crippen LogP contribution is -2.31. The number of carbonyl (C=O) groups excluding carboxylic acids is 1. The van der Waals surface area contributed by atoms with Gasteiger partial charge in [0.1, 0.15) is 11.5 Å². The summed E-state index contributed by atoms with van der Waals surface area (Å²) in [6.45, 7) is 4.43. The van der Waals surface area contributed by atoms with Crippen LogP contribution < -0.4 is 10.6 Å². The van der Waals surface area contributed by atoms with Gasteiger partial charge in [-0.25, -0.2) is 0 Å². The second-order valence-electron chi connectivity index (χ2n) is 8.92. The van der Waals surface area contributed by atoms with Gasteiger partial charge in [-0.1, -0.05) is 53.6 Å². The Bertz CT molecular complexity index is 1410. The molecule has 0 aliphatic heterocycles. The Balaban J connectivity index is 1.45. The van der Waals surface area contributed by atoms with Crippen molar-refractivity contribution in [3.8, 4) is 17.4 Å². The van der Waals surface area contributed by atoms with E-state index < -0.39 is 11.9 Å². The molecule has 1 aromatic heterocycles. The van der Waals surface area contributed by atoms with Crippen LogP contribution in [0.1, 0.15) is 57.4 Å². The van der Waals surface area contributed by atoms with E-state index in [1.165, 1.54) is 11.1 Å². The first-order chi connectivity index (χ1) is 17.9. The second kappa shape index (κ2) is 11.9. The molecule has 0 spiro atoms. The minimum atomic E-state index is -0.642. The molecule has 37 heavy (non-hydrogen) atoms. The molecule has 0 saturated carbocycles. The number of halogens is 1. The predicted octanol–water partition coefficient (Wildman–Crippen LogP) is 6.09. The quantitative estimate of drug-likeness (QED) is 0.251. The maximum atomic E-state index is 13.1. The summed E-state index contributed by atoms with van der Waals surface area (Å²) in [7, 11) is 0. The summed E-state index contributed by atoms with van der Waals surface area (Å²) in [6, 6.07) is 25.6. The molecule has 7 heteroatoms. The lowest BCUT2D eigenvalue weighted by atomic mass is 10.0. The van der Waals surface area contributed by atoms with Crippen molar-refractivity contribution in [3.05, 3.63) is 117 Å². The largest absolute Gasteiger partial charge is 0.460 e. The zero-order valence-electron chi connectivity index (χ0n) is 20.7. The molecule has 0 aliphatic carbocycles. The third-order valence-corrected chi connectivity index (χ3v) is 6.58. The Kier molecular flexibility index (Phi) is 8.42. The minimum absolute atomic E-state index is 0.163. The predicted molar refractivity (Wildman–Crippen MR) is 144 cm³/mol. The van der Waals surface area contributed by atoms with Gasteiger partial charge < -0.3 is 20.2 Å². The van der Waals surface area contributed by atoms with Gasteiger partial charge in [0.2, 0.25) is 0 Å². The van der Waals surface area contributed by atoms with Crippen molar-refractivity contribution >= 4 is 17.5 Å². The van der Waals surface area contributed by atoms with Gasteiger partial charge in [0, 0.05) is 11.6 Å². The van der Waals surface area contributed by atoms with Crippen molar-refractivity contribution in [1.82, 2.24) is 10.6 Å². The zero-order valence-corrected chi connectivity index (χ0v) is 21.4. The Hall–Kier alpha value is -3.89. The van der Waals surface area contributed by atoms with Crippen LogP contribution in [-0.2, 0) is 6.54 Å². The summed E-state index contributed by atoms with van der Waals surface area (Å²) in [6.07, 6.45) is 0. The lowest BCUT2D eigenvalue weighted by molar-refractivity contribution is 0.0916. The van der Waals surface area contributed by atoms with E-state index >= 15 is 0 Å². The van der Waals surface area contributed by atoms with E-state index in [0.717, 1.165) is 5.76 Å². The molecule has 0 fully saturated rings. The summed E-state index contributed by atoms with van der Waals surface area (Å²) in [4.78, 5) is 13.1. The van der Waals surface area contributed by atoms with Gasteiger partial charge in [-0.3, -0.25) is 4.79 Å². The van der Waals surface area contributed by atoms with Gasteiger partial charge in [0.15, 0.2) is 0 Å². The highest BCUT2D eigenvalue weighted by Crippen LogP contribution is 2.28. The number of nitrogens with zero attached hydrogens (tertiary/aromatic N) is 1. The maximum Gasteiger partial charge on any atom is 0.253 e. The number of hydrogen-bond donors (Lipinski definition) is 3. The van der Waals surface area contributed by atoms with Crippen molar-refractivity contribution in [1.29, 1.82) is 5.26 Å². The first-order valence-electron chi connectivity index (χ1n) is 12.0. The standard InChI is InChI=1S/C30H28ClN3O3/c1-19-3-7-22(8-4-19)20(2)33-17-25-12-14-29(37-25)24-11-13-27(31)26(15-24)30(36)34-28(18-35)23-9-5-21(16-32)6-10-23/h3-15,20,28,33,35H,17-18H2,1-2H3,(H,34,36). The van der Waals surface area contributed by atoms with E-state index in [9.17, 15) is 9.90 Å². The summed E-state index contributed by atoms with van der Waals surface area (Å²) in [5.41, 5.74) is 4.60. The van der Waals surface area contributed by atoms with Crippen LogP contribution in [0.15, 0.2) is 83.3 Å². The van der Waals surface area contributed by atoms with Gasteiger partial charge in [0.25, 0.3) is 5.91 Å². The molecule has 3 N–H and O–H groups in total. The maximum absolute atomic E-state index is 13.1. The first kappa shape index (κ1) is 26.2. The fourth-order valence-electron chi connectivity index (χ4n) is 3.97. The topological polar surface area (TPSA) is 98.3 Å². The number of aliphatic hydroxyl groups excluding tert-OH is 1. The average Bonchev–Trinajstić information content (AvgIpc) is 3.40. The number of amides is 1. The minimum Gasteiger partial charge on any atom is -0.460 e. The van der Waals surface area contributed by atoms with Crippen LogP contribution in [0, 0.1) is 18.3 Å². The van der Waals surface area contributed by atoms with Crippen LogP contribution in [0.2, 0.25) is 5.02 Å². The highest BCUT2D eigenvalue weighted by molar-refractivity contribution is 6.34. The van der Waals surface area contributed by atoms with Crippen molar-refractivity contribution in [3.63, 3.8) is 0 Å². The van der Waals surface area contributed by atoms with Gasteiger partial charge in [-0.15, -0.1) is 0 Å². The molecule has 0 aliphatic rings. The molecule has 3 aromatic carbocycles. The van der Waals surface area contributed by atoms with Gasteiger partial charge >= 0.3 is 0 Å². The van der Waals surface area contributed by atoms with Crippen LogP contribution in [0.3, 0.4) is 0 Å². The van der Waals surface area contributed by atoms with Crippen LogP contribution in [0.5, 0.6) is 0 Å². The van der Waals surface area contributed by atoms with Crippen LogP contribution in [-0.4, -0.2) is 17.6 Å². The van der Waals surface area contributed by atoms with Crippen molar-refractivity contribution < 1.29 is 14.3 Å². The Morgan fingerprint density at radius 2 is 1.73 bits per heavy atom. The molecular formula is C30H28ClN3O3. The van der Waals surface area contributed by atoms with Crippen molar-refractivity contribution in [2.75, 3.05) is 6.61 Å². The SMILES string of the molecule is Cc1ccc(C(C)NCc2ccc(-c3ccc(Cl)c(C(=O)NC(CO)c4ccc(C#N)cc4)c3)o2)cc1. The fourth-order valence-corrected chi connectivity index (χ4v) is 4.17. The molecule has 188 valence electrons. The molecule has 1 heterocycles. The summed E-state index contributed by atoms with van der Waals surface area (Å²) in [5.74, 6) is 0.975. The van der Waals surface area contributed by atoms with Crippen molar-refractivity contribution in [2.24, 2.45) is 0 Å². The van der Waals surface area contributed by atoms with Gasteiger partial charge in [0.05, 0.1) is 41.4 Å². The number of nitrogens with one attached hydrogen (secondary N) is 2. The summed E-state index contributed by atoms with van der Waals surface area (Å²) >= 11 is 6.35. The lowest BCUT2D eigenvalue weighted by Gasteiger charge is -2.17. The Morgan fingerprint density at radius 1 is 1.03 bits per heavy atom. The van der Waals surface area contributed by atoms with E-state index in [1.54, 1.807) is 42.5 Å². The van der Waals surface area contributed by atoms with E-state index in [2.05, 4.69) is 54.8 Å². The van der Waals surface area contributed by atoms with E-state index in [4.69, 9.17) is 21.3 Å². The molecule has 6 nitrogen and oxygen atoms in total. The monoisotopic (exact) mass is 513 g/mol. The van der Waals surface area contributed by atoms with Crippen molar-refractivity contribution in [2.45, 2.75) is 32.5 Å². The Labute approximate surface area is 221 Å². The molecule has 2 atom stereocenters. The number of aliphatic hydroxyl groups is 1. The molecular weight excluding hydrogens is 486 g/mol. The number of furan rings is 1. The molecule has 0 radical (unpaired) electrons. The molecule has 2 unspecified atom stereocenters. The van der Waals surface area contributed by atoms with Crippen LogP contribution in [0.25, 0.3) is 11.3 Å². The molecule has 0 bridgehead atoms. The molecule has 1 amide bonds. The highest BCUT2D eigenvalue weighted by atomic mass is 35.5. The van der Waals surface area contributed by atoms with Gasteiger partial charge in [-0.05, 0) is 67.4 Å². The Morgan fingerprint density at radius 3 is 2.41 bits per heavy atom. The van der Waals surface area contributed by atoms with Crippen LogP contribution in [0.4, 0.5) is 0 Å². The van der Waals surface area contributed by atoms with Crippen LogP contribution >= 0.6 is 11.6 Å². The molecule has 4 aromatic rings. The van der Waals surface area contributed by atoms with E-state index in [1.807, 2.05) is 12.1 Å². The number of carbonyl (C=O) groups is 1. The number of hydrogen-bond acceptors (Lipinski definition) is 5. The summed E-state index contributed by atoms with van der Waals surface area (Å²) in [5, 5.41) is 25.4. The average molecular weight is 514 g/mol. The number of rotatable bonds is 9. The van der Waals surface area contributed by atoms with Gasteiger partial charge in [-0.2, -0.15) is 5.26 Å². The third-order valence-electron chi connectivity index (χ3n) is 6.25. The zero-order chi connectivity index (χ0) is 26.4. The summed E-state index contributed by atoms with van der Waals surface area (Å²) < 4.78 is 6.04. The number of nitriles is 1. The third kappa shape index (κ3) is 6.46. The highest BCUT2D eigenvalue weighted by Gasteiger charge is 2.19. The van der Waals surface area contributed by atoms with E-state index in [-0.39, 0.29) is 23.2 Å².